The van der Waals surface area contributed by atoms with Gasteiger partial charge in [-0.1, -0.05) is 31.5 Å². The summed E-state index contributed by atoms with van der Waals surface area (Å²) in [7, 11) is 0. The van der Waals surface area contributed by atoms with Gasteiger partial charge in [0.15, 0.2) is 0 Å². The number of nitrogens with one attached hydrogen (secondary N) is 1. The molecule has 0 aliphatic rings. The first-order valence-electron chi connectivity index (χ1n) is 7.31. The summed E-state index contributed by atoms with van der Waals surface area (Å²) >= 11 is 0. The van der Waals surface area contributed by atoms with Crippen molar-refractivity contribution in [2.24, 2.45) is 5.92 Å². The van der Waals surface area contributed by atoms with Crippen LogP contribution in [0.3, 0.4) is 0 Å². The van der Waals surface area contributed by atoms with Gasteiger partial charge >= 0.3 is 0 Å². The molecule has 0 bridgehead atoms. The number of hydrogen-bond acceptors (Lipinski definition) is 4. The van der Waals surface area contributed by atoms with Crippen molar-refractivity contribution >= 4 is 0 Å². The van der Waals surface area contributed by atoms with Crippen molar-refractivity contribution in [1.82, 2.24) is 15.3 Å². The van der Waals surface area contributed by atoms with Crippen molar-refractivity contribution in [3.8, 4) is 11.6 Å². The predicted octanol–water partition coefficient (Wildman–Crippen LogP) is 3.63. The second kappa shape index (κ2) is 7.18. The normalized spacial score (nSPS) is 10.9. The van der Waals surface area contributed by atoms with Gasteiger partial charge in [0.25, 0.3) is 0 Å². The molecule has 2 rings (SSSR count). The van der Waals surface area contributed by atoms with Crippen molar-refractivity contribution in [3.05, 3.63) is 47.4 Å². The van der Waals surface area contributed by atoms with Gasteiger partial charge in [-0.3, -0.25) is 4.98 Å². The Balaban J connectivity index is 2.03. The van der Waals surface area contributed by atoms with Crippen LogP contribution in [-0.2, 0) is 6.54 Å². The molecule has 0 aliphatic carbocycles. The van der Waals surface area contributed by atoms with Gasteiger partial charge < -0.3 is 10.1 Å². The molecule has 0 atom stereocenters. The Kier molecular flexibility index (Phi) is 5.28. The molecule has 0 saturated carbocycles. The SMILES string of the molecule is Cc1ccc(Oc2cncc(CNCC(C)C)n2)c(C)c1. The molecule has 0 spiro atoms. The Morgan fingerprint density at radius 1 is 1.19 bits per heavy atom. The van der Waals surface area contributed by atoms with Gasteiger partial charge in [0.2, 0.25) is 5.88 Å². The van der Waals surface area contributed by atoms with Gasteiger partial charge in [0, 0.05) is 12.7 Å². The number of rotatable bonds is 6. The summed E-state index contributed by atoms with van der Waals surface area (Å²) < 4.78 is 5.83. The van der Waals surface area contributed by atoms with Crippen LogP contribution in [0.1, 0.15) is 30.7 Å². The highest BCUT2D eigenvalue weighted by atomic mass is 16.5. The molecule has 4 nitrogen and oxygen atoms in total. The number of hydrogen-bond donors (Lipinski definition) is 1. The molecule has 1 N–H and O–H groups in total. The molecule has 1 aromatic carbocycles. The Labute approximate surface area is 126 Å². The van der Waals surface area contributed by atoms with Gasteiger partial charge in [-0.25, -0.2) is 4.98 Å². The second-order valence-corrected chi connectivity index (χ2v) is 5.74. The molecular weight excluding hydrogens is 262 g/mol. The zero-order chi connectivity index (χ0) is 15.2. The topological polar surface area (TPSA) is 47.0 Å². The van der Waals surface area contributed by atoms with Crippen LogP contribution in [-0.4, -0.2) is 16.5 Å². The first kappa shape index (κ1) is 15.4. The minimum absolute atomic E-state index is 0.533. The number of aryl methyl sites for hydroxylation is 2. The van der Waals surface area contributed by atoms with E-state index in [0.717, 1.165) is 23.6 Å². The quantitative estimate of drug-likeness (QED) is 0.880. The van der Waals surface area contributed by atoms with Crippen molar-refractivity contribution in [3.63, 3.8) is 0 Å². The van der Waals surface area contributed by atoms with E-state index >= 15 is 0 Å². The Hall–Kier alpha value is -1.94. The van der Waals surface area contributed by atoms with E-state index in [2.05, 4.69) is 42.1 Å². The lowest BCUT2D eigenvalue weighted by molar-refractivity contribution is 0.451. The lowest BCUT2D eigenvalue weighted by Gasteiger charge is -2.10. The van der Waals surface area contributed by atoms with Gasteiger partial charge in [-0.05, 0) is 37.9 Å². The summed E-state index contributed by atoms with van der Waals surface area (Å²) in [5.74, 6) is 1.97. The highest BCUT2D eigenvalue weighted by Crippen LogP contribution is 2.23. The van der Waals surface area contributed by atoms with E-state index < -0.39 is 0 Å². The standard InChI is InChI=1S/C17H23N3O/c1-12(2)8-18-9-15-10-19-11-17(20-15)21-16-6-5-13(3)7-14(16)4/h5-7,10-12,18H,8-9H2,1-4H3. The number of benzene rings is 1. The first-order chi connectivity index (χ1) is 10.0. The summed E-state index contributed by atoms with van der Waals surface area (Å²) in [6.45, 7) is 10.1. The Morgan fingerprint density at radius 3 is 2.71 bits per heavy atom. The Bertz CT molecular complexity index is 596. The summed E-state index contributed by atoms with van der Waals surface area (Å²) in [6, 6.07) is 6.09. The fourth-order valence-electron chi connectivity index (χ4n) is 2.04. The summed E-state index contributed by atoms with van der Waals surface area (Å²) in [4.78, 5) is 8.68. The van der Waals surface area contributed by atoms with Crippen LogP contribution in [0.15, 0.2) is 30.6 Å². The van der Waals surface area contributed by atoms with Gasteiger partial charge in [-0.15, -0.1) is 0 Å². The zero-order valence-electron chi connectivity index (χ0n) is 13.2. The average Bonchev–Trinajstić information content (AvgIpc) is 2.42. The lowest BCUT2D eigenvalue weighted by atomic mass is 10.1. The molecule has 0 unspecified atom stereocenters. The molecule has 0 saturated heterocycles. The van der Waals surface area contributed by atoms with E-state index in [0.29, 0.717) is 18.3 Å². The van der Waals surface area contributed by atoms with E-state index in [1.54, 1.807) is 12.4 Å². The monoisotopic (exact) mass is 285 g/mol. The van der Waals surface area contributed by atoms with Crippen LogP contribution >= 0.6 is 0 Å². The van der Waals surface area contributed by atoms with E-state index in [1.165, 1.54) is 5.56 Å². The van der Waals surface area contributed by atoms with Gasteiger partial charge in [0.05, 0.1) is 11.9 Å². The van der Waals surface area contributed by atoms with Crippen LogP contribution < -0.4 is 10.1 Å². The van der Waals surface area contributed by atoms with Crippen LogP contribution in [0.25, 0.3) is 0 Å². The van der Waals surface area contributed by atoms with Crippen LogP contribution in [0, 0.1) is 19.8 Å². The van der Waals surface area contributed by atoms with E-state index in [4.69, 9.17) is 4.74 Å². The molecule has 1 heterocycles. The molecule has 0 fully saturated rings. The largest absolute Gasteiger partial charge is 0.437 e. The van der Waals surface area contributed by atoms with Gasteiger partial charge in [0.1, 0.15) is 5.75 Å². The fraction of sp³-hybridized carbons (Fsp3) is 0.412. The van der Waals surface area contributed by atoms with E-state index in [-0.39, 0.29) is 0 Å². The lowest BCUT2D eigenvalue weighted by Crippen LogP contribution is -2.19. The maximum absolute atomic E-state index is 5.83. The van der Waals surface area contributed by atoms with Crippen molar-refractivity contribution < 1.29 is 4.74 Å². The molecule has 4 heteroatoms. The van der Waals surface area contributed by atoms with E-state index in [1.807, 2.05) is 19.1 Å². The molecule has 21 heavy (non-hydrogen) atoms. The number of ether oxygens (including phenoxy) is 1. The number of aromatic nitrogens is 2. The zero-order valence-corrected chi connectivity index (χ0v) is 13.2. The second-order valence-electron chi connectivity index (χ2n) is 5.74. The third-order valence-electron chi connectivity index (χ3n) is 3.07. The molecular formula is C17H23N3O. The summed E-state index contributed by atoms with van der Waals surface area (Å²) in [6.07, 6.45) is 3.41. The molecule has 0 aliphatic heterocycles. The third kappa shape index (κ3) is 4.83. The third-order valence-corrected chi connectivity index (χ3v) is 3.07. The van der Waals surface area contributed by atoms with Crippen molar-refractivity contribution in [1.29, 1.82) is 0 Å². The first-order valence-corrected chi connectivity index (χ1v) is 7.31. The molecule has 2 aromatic rings. The van der Waals surface area contributed by atoms with Crippen molar-refractivity contribution in [2.45, 2.75) is 34.2 Å². The highest BCUT2D eigenvalue weighted by molar-refractivity contribution is 5.37. The molecule has 0 radical (unpaired) electrons. The van der Waals surface area contributed by atoms with Crippen LogP contribution in [0.5, 0.6) is 11.6 Å². The minimum atomic E-state index is 0.533. The summed E-state index contributed by atoms with van der Waals surface area (Å²) in [5, 5.41) is 3.35. The van der Waals surface area contributed by atoms with E-state index in [9.17, 15) is 0 Å². The fourth-order valence-corrected chi connectivity index (χ4v) is 2.04. The van der Waals surface area contributed by atoms with Crippen molar-refractivity contribution in [2.75, 3.05) is 6.54 Å². The average molecular weight is 285 g/mol. The number of nitrogens with zero attached hydrogens (tertiary/aromatic N) is 2. The minimum Gasteiger partial charge on any atom is -0.437 e. The smallest absolute Gasteiger partial charge is 0.238 e. The molecule has 112 valence electrons. The van der Waals surface area contributed by atoms with Gasteiger partial charge in [-0.2, -0.15) is 0 Å². The highest BCUT2D eigenvalue weighted by Gasteiger charge is 2.05. The molecule has 0 amide bonds. The summed E-state index contributed by atoms with van der Waals surface area (Å²) in [5.41, 5.74) is 3.20. The maximum Gasteiger partial charge on any atom is 0.238 e. The molecule has 1 aromatic heterocycles. The van der Waals surface area contributed by atoms with Crippen LogP contribution in [0.2, 0.25) is 0 Å². The Morgan fingerprint density at radius 2 is 2.00 bits per heavy atom. The van der Waals surface area contributed by atoms with Crippen LogP contribution in [0.4, 0.5) is 0 Å². The maximum atomic E-state index is 5.83. The predicted molar refractivity (Wildman–Crippen MR) is 84.6 cm³/mol.